The van der Waals surface area contributed by atoms with Crippen LogP contribution < -0.4 is 15.4 Å². The van der Waals surface area contributed by atoms with Crippen LogP contribution in [0.1, 0.15) is 86.6 Å². The van der Waals surface area contributed by atoms with Crippen LogP contribution in [0, 0.1) is 0 Å². The monoisotopic (exact) mass is 463 g/mol. The Morgan fingerprint density at radius 1 is 1.09 bits per heavy atom. The van der Waals surface area contributed by atoms with Crippen molar-refractivity contribution < 1.29 is 9.47 Å². The molecule has 0 unspecified atom stereocenters. The molecule has 0 amide bonds. The summed E-state index contributed by atoms with van der Waals surface area (Å²) in [4.78, 5) is 4.81. The van der Waals surface area contributed by atoms with E-state index < -0.39 is 0 Å². The molecule has 2 fully saturated rings. The number of fused-ring (bicyclic) bond motifs is 1. The average molecular weight is 464 g/mol. The third-order valence-electron chi connectivity index (χ3n) is 7.50. The lowest BCUT2D eigenvalue weighted by molar-refractivity contribution is -0.0182. The highest BCUT2D eigenvalue weighted by Gasteiger charge is 2.32. The Hall–Kier alpha value is -2.11. The molecule has 184 valence electrons. The minimum atomic E-state index is 0.434. The molecule has 1 aromatic carbocycles. The molecule has 1 aliphatic heterocycles. The molecular formula is C29H41N3O2. The van der Waals surface area contributed by atoms with E-state index in [4.69, 9.17) is 14.5 Å². The quantitative estimate of drug-likeness (QED) is 0.370. The zero-order chi connectivity index (χ0) is 23.2. The third-order valence-corrected chi connectivity index (χ3v) is 7.50. The van der Waals surface area contributed by atoms with Gasteiger partial charge in [0.05, 0.1) is 12.7 Å². The summed E-state index contributed by atoms with van der Waals surface area (Å²) in [6.45, 7) is 5.69. The van der Waals surface area contributed by atoms with Gasteiger partial charge in [0.15, 0.2) is 0 Å². The van der Waals surface area contributed by atoms with Crippen molar-refractivity contribution in [3.63, 3.8) is 0 Å². The molecule has 0 atom stereocenters. The maximum Gasteiger partial charge on any atom is 0.129 e. The molecular weight excluding hydrogens is 422 g/mol. The Labute approximate surface area is 205 Å². The molecule has 1 aromatic heterocycles. The van der Waals surface area contributed by atoms with Crippen LogP contribution in [-0.2, 0) is 24.1 Å². The number of rotatable bonds is 13. The highest BCUT2D eigenvalue weighted by atomic mass is 16.5. The molecule has 2 aromatic rings. The van der Waals surface area contributed by atoms with E-state index in [9.17, 15) is 0 Å². The fraction of sp³-hybridized carbons (Fsp3) is 0.621. The highest BCUT2D eigenvalue weighted by molar-refractivity contribution is 5.47. The van der Waals surface area contributed by atoms with E-state index in [0.717, 1.165) is 70.0 Å². The molecule has 0 radical (unpaired) electrons. The van der Waals surface area contributed by atoms with Crippen LogP contribution in [0.3, 0.4) is 0 Å². The molecule has 0 spiro atoms. The topological polar surface area (TPSA) is 55.4 Å². The molecule has 2 aliphatic carbocycles. The van der Waals surface area contributed by atoms with E-state index in [-0.39, 0.29) is 0 Å². The number of nitrogens with zero attached hydrogens (tertiary/aromatic N) is 1. The number of ether oxygens (including phenoxy) is 2. The van der Waals surface area contributed by atoms with Gasteiger partial charge in [-0.3, -0.25) is 0 Å². The van der Waals surface area contributed by atoms with Crippen molar-refractivity contribution in [2.24, 2.45) is 0 Å². The second kappa shape index (κ2) is 11.5. The number of hydrogen-bond donors (Lipinski definition) is 2. The van der Waals surface area contributed by atoms with Gasteiger partial charge in [-0.2, -0.15) is 0 Å². The molecule has 2 saturated carbocycles. The molecule has 2 N–H and O–H groups in total. The van der Waals surface area contributed by atoms with E-state index in [1.807, 2.05) is 0 Å². The Kier molecular flexibility index (Phi) is 8.02. The van der Waals surface area contributed by atoms with Gasteiger partial charge in [-0.05, 0) is 93.9 Å². The summed E-state index contributed by atoms with van der Waals surface area (Å²) in [6.07, 6.45) is 12.3. The molecule has 5 rings (SSSR count). The lowest BCUT2D eigenvalue weighted by atomic mass is 9.88. The van der Waals surface area contributed by atoms with E-state index in [1.54, 1.807) is 0 Å². The van der Waals surface area contributed by atoms with Crippen molar-refractivity contribution in [2.75, 3.05) is 25.1 Å². The van der Waals surface area contributed by atoms with Gasteiger partial charge in [0.2, 0.25) is 0 Å². The van der Waals surface area contributed by atoms with Crippen LogP contribution in [0.4, 0.5) is 5.82 Å². The summed E-state index contributed by atoms with van der Waals surface area (Å²) in [5.74, 6) is 2.92. The SMILES string of the molecule is CCOc1cccc(CNC2CC(OCCCCCc3ccc4c(n3)NCCC4)C2)c1C1CC1. The number of hydrogen-bond acceptors (Lipinski definition) is 5. The lowest BCUT2D eigenvalue weighted by Gasteiger charge is -2.36. The largest absolute Gasteiger partial charge is 0.494 e. The minimum Gasteiger partial charge on any atom is -0.494 e. The average Bonchev–Trinajstić information content (AvgIpc) is 3.67. The molecule has 5 heteroatoms. The van der Waals surface area contributed by atoms with Gasteiger partial charge >= 0.3 is 0 Å². The summed E-state index contributed by atoms with van der Waals surface area (Å²) >= 11 is 0. The smallest absolute Gasteiger partial charge is 0.129 e. The van der Waals surface area contributed by atoms with Crippen LogP contribution in [0.15, 0.2) is 30.3 Å². The number of pyridine rings is 1. The van der Waals surface area contributed by atoms with Crippen LogP contribution in [-0.4, -0.2) is 36.9 Å². The second-order valence-corrected chi connectivity index (χ2v) is 10.2. The number of unbranched alkanes of at least 4 members (excludes halogenated alkanes) is 2. The first kappa shape index (κ1) is 23.6. The van der Waals surface area contributed by atoms with E-state index in [2.05, 4.69) is 47.9 Å². The van der Waals surface area contributed by atoms with Crippen LogP contribution in [0.5, 0.6) is 5.75 Å². The third kappa shape index (κ3) is 6.11. The van der Waals surface area contributed by atoms with E-state index in [0.29, 0.717) is 18.1 Å². The Balaban J connectivity index is 0.946. The van der Waals surface area contributed by atoms with Gasteiger partial charge in [0, 0.05) is 37.0 Å². The van der Waals surface area contributed by atoms with E-state index in [1.165, 1.54) is 54.5 Å². The lowest BCUT2D eigenvalue weighted by Crippen LogP contribution is -2.45. The van der Waals surface area contributed by atoms with Crippen molar-refractivity contribution >= 4 is 5.82 Å². The number of nitrogens with one attached hydrogen (secondary N) is 2. The zero-order valence-electron chi connectivity index (χ0n) is 20.8. The summed E-state index contributed by atoms with van der Waals surface area (Å²) in [5.41, 5.74) is 5.46. The Morgan fingerprint density at radius 3 is 2.85 bits per heavy atom. The normalized spacial score (nSPS) is 21.4. The molecule has 2 heterocycles. The molecule has 5 nitrogen and oxygen atoms in total. The first-order chi connectivity index (χ1) is 16.8. The van der Waals surface area contributed by atoms with Gasteiger partial charge in [-0.25, -0.2) is 4.98 Å². The second-order valence-electron chi connectivity index (χ2n) is 10.2. The van der Waals surface area contributed by atoms with E-state index >= 15 is 0 Å². The summed E-state index contributed by atoms with van der Waals surface area (Å²) in [6, 6.07) is 11.6. The fourth-order valence-corrected chi connectivity index (χ4v) is 5.33. The molecule has 34 heavy (non-hydrogen) atoms. The molecule has 3 aliphatic rings. The number of benzene rings is 1. The first-order valence-corrected chi connectivity index (χ1v) is 13.6. The minimum absolute atomic E-state index is 0.434. The van der Waals surface area contributed by atoms with Crippen molar-refractivity contribution in [3.05, 3.63) is 52.7 Å². The van der Waals surface area contributed by atoms with Gasteiger partial charge in [0.25, 0.3) is 0 Å². The molecule has 0 bridgehead atoms. The van der Waals surface area contributed by atoms with Crippen molar-refractivity contribution in [3.8, 4) is 5.75 Å². The maximum atomic E-state index is 6.12. The zero-order valence-corrected chi connectivity index (χ0v) is 20.8. The number of aromatic nitrogens is 1. The summed E-state index contributed by atoms with van der Waals surface area (Å²) in [5, 5.41) is 7.20. The van der Waals surface area contributed by atoms with Crippen molar-refractivity contribution in [1.82, 2.24) is 10.3 Å². The predicted octanol–water partition coefficient (Wildman–Crippen LogP) is 5.77. The highest BCUT2D eigenvalue weighted by Crippen LogP contribution is 2.46. The summed E-state index contributed by atoms with van der Waals surface area (Å²) in [7, 11) is 0. The standard InChI is InChI=1S/C29H41N3O2/c1-2-33-27-11-6-8-23(28(27)21-12-13-21)20-31-25-18-26(19-25)34-17-5-3-4-10-24-15-14-22-9-7-16-30-29(22)32-24/h6,8,11,14-15,21,25-26,31H,2-5,7,9-10,12-13,16-20H2,1H3,(H,30,32). The maximum absolute atomic E-state index is 6.12. The van der Waals surface area contributed by atoms with Gasteiger partial charge in [-0.1, -0.05) is 24.6 Å². The Bertz CT molecular complexity index is 937. The van der Waals surface area contributed by atoms with Gasteiger partial charge < -0.3 is 20.1 Å². The number of anilines is 1. The fourth-order valence-electron chi connectivity index (χ4n) is 5.33. The predicted molar refractivity (Wildman–Crippen MR) is 138 cm³/mol. The van der Waals surface area contributed by atoms with Crippen LogP contribution in [0.2, 0.25) is 0 Å². The van der Waals surface area contributed by atoms with Crippen LogP contribution in [0.25, 0.3) is 0 Å². The number of aryl methyl sites for hydroxylation is 2. The summed E-state index contributed by atoms with van der Waals surface area (Å²) < 4.78 is 12.0. The van der Waals surface area contributed by atoms with Gasteiger partial charge in [0.1, 0.15) is 11.6 Å². The molecule has 0 saturated heterocycles. The first-order valence-electron chi connectivity index (χ1n) is 13.6. The van der Waals surface area contributed by atoms with Crippen molar-refractivity contribution in [2.45, 2.75) is 95.7 Å². The van der Waals surface area contributed by atoms with Crippen molar-refractivity contribution in [1.29, 1.82) is 0 Å². The van der Waals surface area contributed by atoms with Crippen LogP contribution >= 0.6 is 0 Å². The van der Waals surface area contributed by atoms with Gasteiger partial charge in [-0.15, -0.1) is 0 Å². The Morgan fingerprint density at radius 2 is 2.00 bits per heavy atom.